The van der Waals surface area contributed by atoms with Crippen molar-refractivity contribution in [2.24, 2.45) is 0 Å². The summed E-state index contributed by atoms with van der Waals surface area (Å²) in [5.41, 5.74) is 1.10. The summed E-state index contributed by atoms with van der Waals surface area (Å²) in [6.45, 7) is 5.06. The van der Waals surface area contributed by atoms with Crippen LogP contribution < -0.4 is 5.32 Å². The van der Waals surface area contributed by atoms with E-state index in [-0.39, 0.29) is 11.4 Å². The minimum atomic E-state index is -0.0651. The first kappa shape index (κ1) is 14.0. The van der Waals surface area contributed by atoms with E-state index in [1.54, 1.807) is 12.1 Å². The van der Waals surface area contributed by atoms with E-state index < -0.39 is 0 Å². The first-order valence-electron chi connectivity index (χ1n) is 7.91. The van der Waals surface area contributed by atoms with Crippen LogP contribution in [0.15, 0.2) is 24.3 Å². The molecule has 1 heterocycles. The van der Waals surface area contributed by atoms with Gasteiger partial charge in [0.1, 0.15) is 5.82 Å². The van der Waals surface area contributed by atoms with Crippen LogP contribution in [0.25, 0.3) is 0 Å². The molecule has 1 aromatic carbocycles. The van der Waals surface area contributed by atoms with Crippen molar-refractivity contribution in [1.82, 2.24) is 10.2 Å². The van der Waals surface area contributed by atoms with Crippen LogP contribution in [0.4, 0.5) is 4.39 Å². The molecule has 0 amide bonds. The predicted molar refractivity (Wildman–Crippen MR) is 80.1 cm³/mol. The topological polar surface area (TPSA) is 15.3 Å². The van der Waals surface area contributed by atoms with Crippen LogP contribution in [0, 0.1) is 5.82 Å². The lowest BCUT2D eigenvalue weighted by atomic mass is 9.78. The van der Waals surface area contributed by atoms with Gasteiger partial charge in [-0.3, -0.25) is 4.90 Å². The number of nitrogens with one attached hydrogen (secondary N) is 1. The van der Waals surface area contributed by atoms with Gasteiger partial charge in [0.05, 0.1) is 0 Å². The van der Waals surface area contributed by atoms with Crippen molar-refractivity contribution >= 4 is 0 Å². The van der Waals surface area contributed by atoms with Gasteiger partial charge in [-0.15, -0.1) is 0 Å². The summed E-state index contributed by atoms with van der Waals surface area (Å²) >= 11 is 0. The monoisotopic (exact) mass is 276 g/mol. The molecule has 3 heteroatoms. The molecule has 2 fully saturated rings. The van der Waals surface area contributed by atoms with Gasteiger partial charge in [0.25, 0.3) is 0 Å². The van der Waals surface area contributed by atoms with Gasteiger partial charge in [-0.2, -0.15) is 0 Å². The molecule has 1 aliphatic heterocycles. The third kappa shape index (κ3) is 2.75. The normalized spacial score (nSPS) is 26.8. The Bertz CT molecular complexity index is 454. The molecule has 110 valence electrons. The maximum atomic E-state index is 14.0. The summed E-state index contributed by atoms with van der Waals surface area (Å²) in [5, 5.41) is 3.64. The lowest BCUT2D eigenvalue weighted by Gasteiger charge is -2.51. The largest absolute Gasteiger partial charge is 0.311 e. The fourth-order valence-electron chi connectivity index (χ4n) is 3.83. The number of hydrogen-bond donors (Lipinski definition) is 1. The average Bonchev–Trinajstić information content (AvgIpc) is 2.47. The summed E-state index contributed by atoms with van der Waals surface area (Å²) in [6.07, 6.45) is 6.47. The van der Waals surface area contributed by atoms with Crippen molar-refractivity contribution < 1.29 is 4.39 Å². The molecule has 2 nitrogen and oxygen atoms in total. The van der Waals surface area contributed by atoms with E-state index in [0.29, 0.717) is 6.04 Å². The van der Waals surface area contributed by atoms with Crippen molar-refractivity contribution in [3.05, 3.63) is 35.6 Å². The molecule has 1 aliphatic carbocycles. The second-order valence-electron chi connectivity index (χ2n) is 6.54. The Morgan fingerprint density at radius 3 is 2.75 bits per heavy atom. The molecular weight excluding hydrogens is 251 g/mol. The molecule has 1 unspecified atom stereocenters. The summed E-state index contributed by atoms with van der Waals surface area (Å²) in [6, 6.07) is 7.72. The fourth-order valence-corrected chi connectivity index (χ4v) is 3.83. The van der Waals surface area contributed by atoms with Crippen molar-refractivity contribution in [1.29, 1.82) is 0 Å². The molecule has 1 aromatic rings. The molecule has 0 radical (unpaired) electrons. The van der Waals surface area contributed by atoms with Crippen LogP contribution in [-0.4, -0.2) is 29.6 Å². The lowest BCUT2D eigenvalue weighted by molar-refractivity contribution is 0.00548. The first-order valence-corrected chi connectivity index (χ1v) is 7.91. The summed E-state index contributed by atoms with van der Waals surface area (Å²) in [5.74, 6) is -0.0651. The van der Waals surface area contributed by atoms with Gasteiger partial charge in [0.2, 0.25) is 0 Å². The number of hydrogen-bond acceptors (Lipinski definition) is 2. The van der Waals surface area contributed by atoms with Crippen LogP contribution in [-0.2, 0) is 6.54 Å². The van der Waals surface area contributed by atoms with E-state index in [0.717, 1.165) is 25.2 Å². The predicted octanol–water partition coefficient (Wildman–Crippen LogP) is 3.32. The Morgan fingerprint density at radius 2 is 2.00 bits per heavy atom. The van der Waals surface area contributed by atoms with E-state index in [2.05, 4.69) is 17.1 Å². The molecule has 0 aromatic heterocycles. The van der Waals surface area contributed by atoms with E-state index in [1.165, 1.54) is 32.1 Å². The van der Waals surface area contributed by atoms with Crippen molar-refractivity contribution in [3.63, 3.8) is 0 Å². The Labute approximate surface area is 121 Å². The van der Waals surface area contributed by atoms with Crippen LogP contribution in [0.2, 0.25) is 0 Å². The minimum Gasteiger partial charge on any atom is -0.311 e. The molecule has 1 spiro atoms. The molecule has 20 heavy (non-hydrogen) atoms. The summed E-state index contributed by atoms with van der Waals surface area (Å²) < 4.78 is 14.0. The van der Waals surface area contributed by atoms with E-state index >= 15 is 0 Å². The zero-order valence-electron chi connectivity index (χ0n) is 12.4. The molecule has 1 atom stereocenters. The van der Waals surface area contributed by atoms with Crippen molar-refractivity contribution in [2.45, 2.75) is 57.2 Å². The van der Waals surface area contributed by atoms with Gasteiger partial charge in [0, 0.05) is 36.8 Å². The third-order valence-corrected chi connectivity index (χ3v) is 5.05. The second kappa shape index (κ2) is 5.82. The first-order chi connectivity index (χ1) is 9.70. The average molecular weight is 276 g/mol. The Kier molecular flexibility index (Phi) is 4.08. The third-order valence-electron chi connectivity index (χ3n) is 5.05. The zero-order valence-corrected chi connectivity index (χ0v) is 12.4. The quantitative estimate of drug-likeness (QED) is 0.891. The molecule has 1 saturated carbocycles. The Balaban J connectivity index is 1.81. The Morgan fingerprint density at radius 1 is 1.25 bits per heavy atom. The second-order valence-corrected chi connectivity index (χ2v) is 6.54. The highest BCUT2D eigenvalue weighted by Gasteiger charge is 2.41. The maximum Gasteiger partial charge on any atom is 0.127 e. The zero-order chi connectivity index (χ0) is 14.0. The standard InChI is InChI=1S/C17H25FN2/c1-14-11-20(12-15-7-3-4-8-16(15)18)17(13-19-14)9-5-2-6-10-17/h3-4,7-8,14,19H,2,5-6,9-13H2,1H3. The molecule has 1 N–H and O–H groups in total. The van der Waals surface area contributed by atoms with Crippen LogP contribution in [0.5, 0.6) is 0 Å². The summed E-state index contributed by atoms with van der Waals surface area (Å²) in [7, 11) is 0. The van der Waals surface area contributed by atoms with Gasteiger partial charge >= 0.3 is 0 Å². The number of rotatable bonds is 2. The number of halogens is 1. The van der Waals surface area contributed by atoms with Crippen LogP contribution in [0.1, 0.15) is 44.6 Å². The highest BCUT2D eigenvalue weighted by Crippen LogP contribution is 2.36. The minimum absolute atomic E-state index is 0.0651. The molecule has 1 saturated heterocycles. The van der Waals surface area contributed by atoms with Gasteiger partial charge in [-0.25, -0.2) is 4.39 Å². The highest BCUT2D eigenvalue weighted by molar-refractivity contribution is 5.18. The van der Waals surface area contributed by atoms with Gasteiger partial charge in [-0.05, 0) is 25.8 Å². The fraction of sp³-hybridized carbons (Fsp3) is 0.647. The van der Waals surface area contributed by atoms with Gasteiger partial charge in [0.15, 0.2) is 0 Å². The number of nitrogens with zero attached hydrogens (tertiary/aromatic N) is 1. The van der Waals surface area contributed by atoms with Gasteiger partial charge < -0.3 is 5.32 Å². The molecule has 2 aliphatic rings. The van der Waals surface area contributed by atoms with Crippen LogP contribution in [0.3, 0.4) is 0 Å². The number of piperazine rings is 1. The SMILES string of the molecule is CC1CN(Cc2ccccc2F)C2(CCCCC2)CN1. The van der Waals surface area contributed by atoms with E-state index in [9.17, 15) is 4.39 Å². The molecular formula is C17H25FN2. The van der Waals surface area contributed by atoms with Crippen molar-refractivity contribution in [2.75, 3.05) is 13.1 Å². The highest BCUT2D eigenvalue weighted by atomic mass is 19.1. The van der Waals surface area contributed by atoms with E-state index in [1.807, 2.05) is 12.1 Å². The maximum absolute atomic E-state index is 14.0. The smallest absolute Gasteiger partial charge is 0.127 e. The van der Waals surface area contributed by atoms with Crippen LogP contribution >= 0.6 is 0 Å². The van der Waals surface area contributed by atoms with Gasteiger partial charge in [-0.1, -0.05) is 37.5 Å². The summed E-state index contributed by atoms with van der Waals surface area (Å²) in [4.78, 5) is 2.55. The molecule has 0 bridgehead atoms. The number of benzene rings is 1. The molecule has 3 rings (SSSR count). The van der Waals surface area contributed by atoms with Crippen molar-refractivity contribution in [3.8, 4) is 0 Å². The lowest BCUT2D eigenvalue weighted by Crippen LogP contribution is -2.64. The Hall–Kier alpha value is -0.930. The van der Waals surface area contributed by atoms with E-state index in [4.69, 9.17) is 0 Å².